The quantitative estimate of drug-likeness (QED) is 0.902. The van der Waals surface area contributed by atoms with E-state index in [0.717, 1.165) is 22.9 Å². The molecular formula is C11H16N4OS. The summed E-state index contributed by atoms with van der Waals surface area (Å²) in [7, 11) is 1.68. The molecule has 0 aromatic carbocycles. The first kappa shape index (κ1) is 12.1. The topological polar surface area (TPSA) is 66.0 Å². The first-order valence-electron chi connectivity index (χ1n) is 5.37. The van der Waals surface area contributed by atoms with Gasteiger partial charge in [0.1, 0.15) is 6.33 Å². The Kier molecular flexibility index (Phi) is 3.44. The van der Waals surface area contributed by atoms with Crippen LogP contribution in [0.2, 0.25) is 0 Å². The second-order valence-corrected chi connectivity index (χ2v) is 5.12. The molecule has 0 saturated heterocycles. The van der Waals surface area contributed by atoms with Gasteiger partial charge in [0.15, 0.2) is 5.82 Å². The zero-order valence-electron chi connectivity index (χ0n) is 10.2. The van der Waals surface area contributed by atoms with Gasteiger partial charge in [-0.2, -0.15) is 0 Å². The molecule has 0 bridgehead atoms. The van der Waals surface area contributed by atoms with Gasteiger partial charge in [-0.15, -0.1) is 21.5 Å². The van der Waals surface area contributed by atoms with Gasteiger partial charge in [-0.05, 0) is 19.4 Å². The Morgan fingerprint density at radius 3 is 2.82 bits per heavy atom. The van der Waals surface area contributed by atoms with Crippen LogP contribution in [-0.4, -0.2) is 28.5 Å². The van der Waals surface area contributed by atoms with Crippen LogP contribution in [0.5, 0.6) is 0 Å². The Balaban J connectivity index is 2.42. The lowest BCUT2D eigenvalue weighted by atomic mass is 10.1. The normalized spacial score (nSPS) is 11.0. The first-order valence-corrected chi connectivity index (χ1v) is 6.19. The average molecular weight is 252 g/mol. The SMILES string of the molecule is COCCn1cnnc1-c1c(N)sc(C)c1C. The van der Waals surface area contributed by atoms with E-state index >= 15 is 0 Å². The van der Waals surface area contributed by atoms with Gasteiger partial charge in [0.25, 0.3) is 0 Å². The van der Waals surface area contributed by atoms with Crippen molar-refractivity contribution in [1.29, 1.82) is 0 Å². The monoisotopic (exact) mass is 252 g/mol. The van der Waals surface area contributed by atoms with E-state index < -0.39 is 0 Å². The van der Waals surface area contributed by atoms with Crippen LogP contribution in [0.15, 0.2) is 6.33 Å². The zero-order chi connectivity index (χ0) is 12.4. The number of hydrogen-bond donors (Lipinski definition) is 1. The number of ether oxygens (including phenoxy) is 1. The molecule has 0 aliphatic rings. The van der Waals surface area contributed by atoms with Crippen LogP contribution in [0.3, 0.4) is 0 Å². The summed E-state index contributed by atoms with van der Waals surface area (Å²) in [5.41, 5.74) is 8.22. The highest BCUT2D eigenvalue weighted by Gasteiger charge is 2.17. The van der Waals surface area contributed by atoms with Crippen molar-refractivity contribution in [3.05, 3.63) is 16.8 Å². The molecule has 5 nitrogen and oxygen atoms in total. The molecule has 0 fully saturated rings. The molecule has 17 heavy (non-hydrogen) atoms. The molecule has 2 heterocycles. The fourth-order valence-electron chi connectivity index (χ4n) is 1.73. The summed E-state index contributed by atoms with van der Waals surface area (Å²) in [6, 6.07) is 0. The van der Waals surface area contributed by atoms with Gasteiger partial charge in [0, 0.05) is 18.5 Å². The standard InChI is InChI=1S/C11H16N4OS/c1-7-8(2)17-10(12)9(7)11-14-13-6-15(11)4-5-16-3/h6H,4-5,12H2,1-3H3. The summed E-state index contributed by atoms with van der Waals surface area (Å²) in [6.07, 6.45) is 1.71. The molecule has 2 N–H and O–H groups in total. The van der Waals surface area contributed by atoms with Crippen LogP contribution in [0.1, 0.15) is 10.4 Å². The summed E-state index contributed by atoms with van der Waals surface area (Å²) in [5, 5.41) is 8.91. The molecule has 2 aromatic heterocycles. The third-order valence-electron chi connectivity index (χ3n) is 2.79. The summed E-state index contributed by atoms with van der Waals surface area (Å²) < 4.78 is 7.03. The summed E-state index contributed by atoms with van der Waals surface area (Å²) in [5.74, 6) is 0.821. The number of nitrogens with two attached hydrogens (primary N) is 1. The van der Waals surface area contributed by atoms with Crippen molar-refractivity contribution >= 4 is 16.3 Å². The summed E-state index contributed by atoms with van der Waals surface area (Å²) in [4.78, 5) is 1.22. The van der Waals surface area contributed by atoms with E-state index in [1.54, 1.807) is 24.8 Å². The van der Waals surface area contributed by atoms with Crippen molar-refractivity contribution < 1.29 is 4.74 Å². The van der Waals surface area contributed by atoms with Gasteiger partial charge in [-0.3, -0.25) is 0 Å². The molecule has 2 aromatic rings. The smallest absolute Gasteiger partial charge is 0.167 e. The molecule has 0 unspecified atom stereocenters. The second-order valence-electron chi connectivity index (χ2n) is 3.86. The molecule has 92 valence electrons. The molecule has 0 radical (unpaired) electrons. The third-order valence-corrected chi connectivity index (χ3v) is 3.82. The molecule has 6 heteroatoms. The highest BCUT2D eigenvalue weighted by molar-refractivity contribution is 7.16. The fourth-order valence-corrected chi connectivity index (χ4v) is 2.66. The predicted octanol–water partition coefficient (Wildman–Crippen LogP) is 1.85. The summed E-state index contributed by atoms with van der Waals surface area (Å²) >= 11 is 1.59. The van der Waals surface area contributed by atoms with Crippen LogP contribution in [0.25, 0.3) is 11.4 Å². The maximum absolute atomic E-state index is 6.04. The van der Waals surface area contributed by atoms with Gasteiger partial charge in [-0.25, -0.2) is 0 Å². The zero-order valence-corrected chi connectivity index (χ0v) is 11.0. The minimum absolute atomic E-state index is 0.632. The number of nitrogen functional groups attached to an aromatic ring is 1. The third kappa shape index (κ3) is 2.18. The van der Waals surface area contributed by atoms with Gasteiger partial charge < -0.3 is 15.0 Å². The van der Waals surface area contributed by atoms with E-state index in [1.165, 1.54) is 10.4 Å². The number of rotatable bonds is 4. The highest BCUT2D eigenvalue weighted by Crippen LogP contribution is 2.36. The fraction of sp³-hybridized carbons (Fsp3) is 0.455. The average Bonchev–Trinajstić information content (AvgIpc) is 2.82. The van der Waals surface area contributed by atoms with Crippen molar-refractivity contribution in [2.75, 3.05) is 19.5 Å². The molecule has 0 aliphatic carbocycles. The number of hydrogen-bond acceptors (Lipinski definition) is 5. The Labute approximate surface area is 104 Å². The van der Waals surface area contributed by atoms with E-state index in [-0.39, 0.29) is 0 Å². The van der Waals surface area contributed by atoms with E-state index in [2.05, 4.69) is 24.0 Å². The Hall–Kier alpha value is -1.40. The Bertz CT molecular complexity index is 518. The Morgan fingerprint density at radius 2 is 2.24 bits per heavy atom. The van der Waals surface area contributed by atoms with E-state index in [1.807, 2.05) is 4.57 Å². The number of thiophene rings is 1. The van der Waals surface area contributed by atoms with Crippen LogP contribution in [0, 0.1) is 13.8 Å². The van der Waals surface area contributed by atoms with Crippen molar-refractivity contribution in [3.8, 4) is 11.4 Å². The minimum atomic E-state index is 0.632. The van der Waals surface area contributed by atoms with Crippen molar-refractivity contribution in [2.45, 2.75) is 20.4 Å². The molecule has 2 rings (SSSR count). The van der Waals surface area contributed by atoms with Crippen LogP contribution in [-0.2, 0) is 11.3 Å². The van der Waals surface area contributed by atoms with Gasteiger partial charge in [0.2, 0.25) is 0 Å². The molecule has 0 saturated carbocycles. The van der Waals surface area contributed by atoms with Crippen LogP contribution >= 0.6 is 11.3 Å². The van der Waals surface area contributed by atoms with E-state index in [9.17, 15) is 0 Å². The molecule has 0 atom stereocenters. The Morgan fingerprint density at radius 1 is 1.47 bits per heavy atom. The van der Waals surface area contributed by atoms with Gasteiger partial charge >= 0.3 is 0 Å². The molecular weight excluding hydrogens is 236 g/mol. The lowest BCUT2D eigenvalue weighted by molar-refractivity contribution is 0.187. The van der Waals surface area contributed by atoms with Crippen molar-refractivity contribution in [1.82, 2.24) is 14.8 Å². The largest absolute Gasteiger partial charge is 0.390 e. The van der Waals surface area contributed by atoms with Crippen molar-refractivity contribution in [2.24, 2.45) is 0 Å². The summed E-state index contributed by atoms with van der Waals surface area (Å²) in [6.45, 7) is 5.49. The number of anilines is 1. The van der Waals surface area contributed by atoms with Gasteiger partial charge in [-0.1, -0.05) is 0 Å². The van der Waals surface area contributed by atoms with Crippen LogP contribution in [0.4, 0.5) is 5.00 Å². The van der Waals surface area contributed by atoms with Crippen LogP contribution < -0.4 is 5.73 Å². The van der Waals surface area contributed by atoms with E-state index in [4.69, 9.17) is 10.5 Å². The predicted molar refractivity (Wildman–Crippen MR) is 69.1 cm³/mol. The lowest BCUT2D eigenvalue weighted by Gasteiger charge is -2.06. The van der Waals surface area contributed by atoms with Crippen molar-refractivity contribution in [3.63, 3.8) is 0 Å². The lowest BCUT2D eigenvalue weighted by Crippen LogP contribution is -2.05. The highest BCUT2D eigenvalue weighted by atomic mass is 32.1. The molecule has 0 amide bonds. The molecule has 0 spiro atoms. The number of nitrogens with zero attached hydrogens (tertiary/aromatic N) is 3. The second kappa shape index (κ2) is 4.85. The number of aryl methyl sites for hydroxylation is 1. The number of aromatic nitrogens is 3. The minimum Gasteiger partial charge on any atom is -0.390 e. The first-order chi connectivity index (χ1) is 8.15. The van der Waals surface area contributed by atoms with E-state index in [0.29, 0.717) is 6.61 Å². The maximum Gasteiger partial charge on any atom is 0.167 e. The maximum atomic E-state index is 6.04. The van der Waals surface area contributed by atoms with Gasteiger partial charge in [0.05, 0.1) is 17.2 Å². The molecule has 0 aliphatic heterocycles. The number of methoxy groups -OCH3 is 1.